The van der Waals surface area contributed by atoms with Crippen LogP contribution in [-0.4, -0.2) is 42.0 Å². The number of nitrogens with two attached hydrogens (primary N) is 1. The monoisotopic (exact) mass is 321 g/mol. The van der Waals surface area contributed by atoms with Crippen LogP contribution in [0.3, 0.4) is 0 Å². The lowest BCUT2D eigenvalue weighted by Crippen LogP contribution is -2.46. The largest absolute Gasteiger partial charge is 0.365 e. The second-order valence-electron chi connectivity index (χ2n) is 5.81. The van der Waals surface area contributed by atoms with Crippen molar-refractivity contribution in [1.29, 1.82) is 5.26 Å². The van der Waals surface area contributed by atoms with Crippen molar-refractivity contribution in [3.8, 4) is 6.07 Å². The molecule has 0 atom stereocenters. The SMILES string of the molecule is N#Cc1cccc(CN2CCN(c3ncccc3C(N)=O)CC2)c1. The number of benzene rings is 1. The molecule has 0 saturated carbocycles. The third-order valence-corrected chi connectivity index (χ3v) is 4.19. The van der Waals surface area contributed by atoms with Gasteiger partial charge in [-0.25, -0.2) is 4.98 Å². The van der Waals surface area contributed by atoms with E-state index in [4.69, 9.17) is 11.0 Å². The minimum absolute atomic E-state index is 0.450. The minimum atomic E-state index is -0.450. The molecule has 3 rings (SSSR count). The van der Waals surface area contributed by atoms with Gasteiger partial charge in [-0.1, -0.05) is 12.1 Å². The van der Waals surface area contributed by atoms with Crippen LogP contribution in [-0.2, 0) is 6.54 Å². The van der Waals surface area contributed by atoms with Crippen molar-refractivity contribution < 1.29 is 4.79 Å². The first-order valence-corrected chi connectivity index (χ1v) is 7.88. The quantitative estimate of drug-likeness (QED) is 0.919. The molecule has 1 fully saturated rings. The van der Waals surface area contributed by atoms with Crippen LogP contribution in [0.5, 0.6) is 0 Å². The van der Waals surface area contributed by atoms with Gasteiger partial charge in [-0.3, -0.25) is 9.69 Å². The van der Waals surface area contributed by atoms with Crippen LogP contribution in [0.1, 0.15) is 21.5 Å². The zero-order chi connectivity index (χ0) is 16.9. The Kier molecular flexibility index (Phi) is 4.73. The number of hydrogen-bond donors (Lipinski definition) is 1. The predicted molar refractivity (Wildman–Crippen MR) is 91.4 cm³/mol. The van der Waals surface area contributed by atoms with Gasteiger partial charge in [0, 0.05) is 38.9 Å². The molecule has 0 bridgehead atoms. The molecule has 1 aliphatic rings. The van der Waals surface area contributed by atoms with Gasteiger partial charge in [0.25, 0.3) is 5.91 Å². The van der Waals surface area contributed by atoms with E-state index in [1.165, 1.54) is 0 Å². The molecular weight excluding hydrogens is 302 g/mol. The van der Waals surface area contributed by atoms with Crippen LogP contribution in [0, 0.1) is 11.3 Å². The lowest BCUT2D eigenvalue weighted by Gasteiger charge is -2.36. The van der Waals surface area contributed by atoms with Crippen LogP contribution in [0.2, 0.25) is 0 Å². The maximum atomic E-state index is 11.5. The van der Waals surface area contributed by atoms with Gasteiger partial charge in [0.2, 0.25) is 0 Å². The Morgan fingerprint density at radius 3 is 2.71 bits per heavy atom. The second-order valence-corrected chi connectivity index (χ2v) is 5.81. The molecule has 0 unspecified atom stereocenters. The molecule has 1 amide bonds. The number of amides is 1. The molecule has 1 aromatic heterocycles. The lowest BCUT2D eigenvalue weighted by molar-refractivity contribution is 0.1000. The number of rotatable bonds is 4. The summed E-state index contributed by atoms with van der Waals surface area (Å²) in [5.41, 5.74) is 7.72. The van der Waals surface area contributed by atoms with Crippen molar-refractivity contribution in [2.75, 3.05) is 31.1 Å². The van der Waals surface area contributed by atoms with Gasteiger partial charge in [0.15, 0.2) is 0 Å². The molecule has 0 aliphatic carbocycles. The summed E-state index contributed by atoms with van der Waals surface area (Å²) in [6.07, 6.45) is 1.68. The Bertz CT molecular complexity index is 775. The summed E-state index contributed by atoms with van der Waals surface area (Å²) >= 11 is 0. The molecular formula is C18H19N5O. The van der Waals surface area contributed by atoms with Crippen LogP contribution in [0.15, 0.2) is 42.6 Å². The van der Waals surface area contributed by atoms with Crippen LogP contribution >= 0.6 is 0 Å². The van der Waals surface area contributed by atoms with Crippen LogP contribution in [0.25, 0.3) is 0 Å². The van der Waals surface area contributed by atoms with Crippen LogP contribution < -0.4 is 10.6 Å². The first-order valence-electron chi connectivity index (χ1n) is 7.88. The Balaban J connectivity index is 1.64. The smallest absolute Gasteiger partial charge is 0.252 e. The summed E-state index contributed by atoms with van der Waals surface area (Å²) < 4.78 is 0. The van der Waals surface area contributed by atoms with Crippen molar-refractivity contribution in [2.24, 2.45) is 5.73 Å². The Hall–Kier alpha value is -2.91. The molecule has 122 valence electrons. The fraction of sp³-hybridized carbons (Fsp3) is 0.278. The standard InChI is InChI=1S/C18H19N5O/c19-12-14-3-1-4-15(11-14)13-22-7-9-23(10-8-22)18-16(17(20)24)5-2-6-21-18/h1-6,11H,7-10,13H2,(H2,20,24). The molecule has 2 heterocycles. The number of anilines is 1. The van der Waals surface area contributed by atoms with E-state index in [1.54, 1.807) is 18.3 Å². The highest BCUT2D eigenvalue weighted by Gasteiger charge is 2.21. The molecule has 6 nitrogen and oxygen atoms in total. The van der Waals surface area contributed by atoms with Crippen molar-refractivity contribution >= 4 is 11.7 Å². The molecule has 24 heavy (non-hydrogen) atoms. The van der Waals surface area contributed by atoms with E-state index >= 15 is 0 Å². The van der Waals surface area contributed by atoms with E-state index < -0.39 is 5.91 Å². The average molecular weight is 321 g/mol. The number of nitriles is 1. The molecule has 0 radical (unpaired) electrons. The fourth-order valence-electron chi connectivity index (χ4n) is 2.96. The molecule has 2 aromatic rings. The third-order valence-electron chi connectivity index (χ3n) is 4.19. The van der Waals surface area contributed by atoms with E-state index in [0.717, 1.165) is 38.3 Å². The fourth-order valence-corrected chi connectivity index (χ4v) is 2.96. The summed E-state index contributed by atoms with van der Waals surface area (Å²) in [6, 6.07) is 13.3. The van der Waals surface area contributed by atoms with Crippen molar-refractivity contribution in [1.82, 2.24) is 9.88 Å². The number of nitrogens with zero attached hydrogens (tertiary/aromatic N) is 4. The number of carbonyl (C=O) groups is 1. The minimum Gasteiger partial charge on any atom is -0.365 e. The summed E-state index contributed by atoms with van der Waals surface area (Å²) in [4.78, 5) is 20.3. The molecule has 1 aliphatic heterocycles. The normalized spacial score (nSPS) is 15.0. The summed E-state index contributed by atoms with van der Waals surface area (Å²) in [5, 5.41) is 8.98. The Labute approximate surface area is 141 Å². The van der Waals surface area contributed by atoms with E-state index in [0.29, 0.717) is 16.9 Å². The zero-order valence-electron chi connectivity index (χ0n) is 13.4. The Morgan fingerprint density at radius 2 is 2.00 bits per heavy atom. The first-order chi connectivity index (χ1) is 11.7. The number of primary amides is 1. The Morgan fingerprint density at radius 1 is 1.21 bits per heavy atom. The molecule has 2 N–H and O–H groups in total. The second kappa shape index (κ2) is 7.11. The highest BCUT2D eigenvalue weighted by molar-refractivity contribution is 5.97. The number of piperazine rings is 1. The van der Waals surface area contributed by atoms with Gasteiger partial charge < -0.3 is 10.6 Å². The van der Waals surface area contributed by atoms with E-state index in [1.807, 2.05) is 24.3 Å². The topological polar surface area (TPSA) is 86.2 Å². The van der Waals surface area contributed by atoms with Gasteiger partial charge >= 0.3 is 0 Å². The highest BCUT2D eigenvalue weighted by Crippen LogP contribution is 2.19. The average Bonchev–Trinajstić information content (AvgIpc) is 2.62. The van der Waals surface area contributed by atoms with Crippen molar-refractivity contribution in [3.05, 3.63) is 59.3 Å². The van der Waals surface area contributed by atoms with Crippen molar-refractivity contribution in [2.45, 2.75) is 6.54 Å². The molecule has 0 spiro atoms. The number of carbonyl (C=O) groups excluding carboxylic acids is 1. The van der Waals surface area contributed by atoms with Gasteiger partial charge in [0.05, 0.1) is 17.2 Å². The molecule has 1 aromatic carbocycles. The van der Waals surface area contributed by atoms with Crippen molar-refractivity contribution in [3.63, 3.8) is 0 Å². The maximum Gasteiger partial charge on any atom is 0.252 e. The molecule has 1 saturated heterocycles. The zero-order valence-corrected chi connectivity index (χ0v) is 13.4. The molecule has 6 heteroatoms. The summed E-state index contributed by atoms with van der Waals surface area (Å²) in [5.74, 6) is 0.213. The first kappa shape index (κ1) is 16.0. The predicted octanol–water partition coefficient (Wildman–Crippen LogP) is 1.37. The summed E-state index contributed by atoms with van der Waals surface area (Å²) in [6.45, 7) is 4.12. The highest BCUT2D eigenvalue weighted by atomic mass is 16.1. The van der Waals surface area contributed by atoms with E-state index in [-0.39, 0.29) is 0 Å². The third kappa shape index (κ3) is 3.53. The number of pyridine rings is 1. The summed E-state index contributed by atoms with van der Waals surface area (Å²) in [7, 11) is 0. The van der Waals surface area contributed by atoms with Gasteiger partial charge in [0.1, 0.15) is 5.82 Å². The van der Waals surface area contributed by atoms with Gasteiger partial charge in [-0.15, -0.1) is 0 Å². The van der Waals surface area contributed by atoms with E-state index in [2.05, 4.69) is 20.9 Å². The lowest BCUT2D eigenvalue weighted by atomic mass is 10.1. The van der Waals surface area contributed by atoms with E-state index in [9.17, 15) is 4.79 Å². The maximum absolute atomic E-state index is 11.5. The number of hydrogen-bond acceptors (Lipinski definition) is 5. The number of aromatic nitrogens is 1. The van der Waals surface area contributed by atoms with Crippen LogP contribution in [0.4, 0.5) is 5.82 Å². The van der Waals surface area contributed by atoms with Gasteiger partial charge in [-0.05, 0) is 29.8 Å². The van der Waals surface area contributed by atoms with Gasteiger partial charge in [-0.2, -0.15) is 5.26 Å².